The van der Waals surface area contributed by atoms with Crippen molar-refractivity contribution >= 4 is 15.9 Å². The van der Waals surface area contributed by atoms with Crippen LogP contribution in [0.1, 0.15) is 47.6 Å². The summed E-state index contributed by atoms with van der Waals surface area (Å²) in [5, 5.41) is 0. The second-order valence-electron chi connectivity index (χ2n) is 8.17. The smallest absolute Gasteiger partial charge is 0.122 e. The van der Waals surface area contributed by atoms with Crippen LogP contribution in [0.5, 0.6) is 5.75 Å². The average Bonchev–Trinajstić information content (AvgIpc) is 2.71. The van der Waals surface area contributed by atoms with Gasteiger partial charge in [0, 0.05) is 44.5 Å². The zero-order valence-corrected chi connectivity index (χ0v) is 18.7. The number of fused-ring (bicyclic) bond motifs is 1. The van der Waals surface area contributed by atoms with E-state index in [4.69, 9.17) is 4.74 Å². The van der Waals surface area contributed by atoms with Crippen molar-refractivity contribution in [2.45, 2.75) is 51.7 Å². The molecule has 3 heterocycles. The number of hydrogen-bond donors (Lipinski definition) is 0. The summed E-state index contributed by atoms with van der Waals surface area (Å²) in [6.45, 7) is 8.85. The van der Waals surface area contributed by atoms with Crippen LogP contribution in [-0.2, 0) is 6.54 Å². The number of rotatable bonds is 4. The van der Waals surface area contributed by atoms with E-state index >= 15 is 0 Å². The Morgan fingerprint density at radius 3 is 2.71 bits per heavy atom. The molecule has 0 aliphatic carbocycles. The van der Waals surface area contributed by atoms with E-state index in [0.29, 0.717) is 12.1 Å². The first-order chi connectivity index (χ1) is 13.6. The van der Waals surface area contributed by atoms with Crippen molar-refractivity contribution in [1.82, 2.24) is 14.8 Å². The summed E-state index contributed by atoms with van der Waals surface area (Å²) in [5.74, 6) is 1.00. The molecule has 1 aromatic carbocycles. The number of hydrogen-bond acceptors (Lipinski definition) is 4. The van der Waals surface area contributed by atoms with Crippen molar-refractivity contribution in [3.05, 3.63) is 57.3 Å². The number of halogens is 1. The van der Waals surface area contributed by atoms with Gasteiger partial charge in [0.05, 0.1) is 7.11 Å². The molecule has 150 valence electrons. The van der Waals surface area contributed by atoms with Crippen molar-refractivity contribution in [2.75, 3.05) is 26.7 Å². The van der Waals surface area contributed by atoms with E-state index in [-0.39, 0.29) is 0 Å². The van der Waals surface area contributed by atoms with Crippen molar-refractivity contribution in [1.29, 1.82) is 0 Å². The molecule has 28 heavy (non-hydrogen) atoms. The number of pyridine rings is 1. The number of piperazine rings is 1. The van der Waals surface area contributed by atoms with Crippen molar-refractivity contribution in [2.24, 2.45) is 0 Å². The molecule has 0 amide bonds. The van der Waals surface area contributed by atoms with E-state index in [1.54, 1.807) is 7.11 Å². The Bertz CT molecular complexity index is 823. The van der Waals surface area contributed by atoms with Gasteiger partial charge >= 0.3 is 0 Å². The van der Waals surface area contributed by atoms with Gasteiger partial charge in [0.25, 0.3) is 0 Å². The SMILES string of the molecule is COc1ccc([C@H]2CCC[C@H]3CN(Cc4ccc(Br)nc4)CCN32)c(C)c1C. The van der Waals surface area contributed by atoms with E-state index < -0.39 is 0 Å². The molecule has 0 saturated carbocycles. The predicted octanol–water partition coefficient (Wildman–Crippen LogP) is 4.88. The Morgan fingerprint density at radius 2 is 1.96 bits per heavy atom. The van der Waals surface area contributed by atoms with Gasteiger partial charge in [-0.1, -0.05) is 12.1 Å². The highest BCUT2D eigenvalue weighted by molar-refractivity contribution is 9.10. The van der Waals surface area contributed by atoms with E-state index in [9.17, 15) is 0 Å². The topological polar surface area (TPSA) is 28.6 Å². The van der Waals surface area contributed by atoms with Crippen molar-refractivity contribution in [3.63, 3.8) is 0 Å². The Kier molecular flexibility index (Phi) is 6.04. The normalized spacial score (nSPS) is 23.4. The van der Waals surface area contributed by atoms with Crippen LogP contribution >= 0.6 is 15.9 Å². The van der Waals surface area contributed by atoms with Gasteiger partial charge < -0.3 is 4.74 Å². The lowest BCUT2D eigenvalue weighted by Gasteiger charge is -2.49. The first-order valence-electron chi connectivity index (χ1n) is 10.3. The zero-order chi connectivity index (χ0) is 19.7. The third-order valence-corrected chi connectivity index (χ3v) is 7.05. The Labute approximate surface area is 177 Å². The molecule has 1 aromatic heterocycles. The van der Waals surface area contributed by atoms with Crippen LogP contribution in [-0.4, -0.2) is 47.6 Å². The van der Waals surface area contributed by atoms with E-state index in [1.807, 2.05) is 12.3 Å². The molecule has 0 spiro atoms. The summed E-state index contributed by atoms with van der Waals surface area (Å²) in [4.78, 5) is 9.75. The second-order valence-corrected chi connectivity index (χ2v) is 8.98. The van der Waals surface area contributed by atoms with Crippen LogP contribution in [0.3, 0.4) is 0 Å². The second kappa shape index (κ2) is 8.52. The fourth-order valence-electron chi connectivity index (χ4n) is 4.95. The lowest BCUT2D eigenvalue weighted by molar-refractivity contribution is 0.00614. The zero-order valence-electron chi connectivity index (χ0n) is 17.1. The number of ether oxygens (including phenoxy) is 1. The van der Waals surface area contributed by atoms with Gasteiger partial charge in [-0.25, -0.2) is 4.98 Å². The fourth-order valence-corrected chi connectivity index (χ4v) is 5.18. The quantitative estimate of drug-likeness (QED) is 0.629. The molecule has 0 bridgehead atoms. The van der Waals surface area contributed by atoms with E-state index in [1.165, 1.54) is 41.5 Å². The fraction of sp³-hybridized carbons (Fsp3) is 0.522. The molecule has 2 atom stereocenters. The first-order valence-corrected chi connectivity index (χ1v) is 11.1. The minimum Gasteiger partial charge on any atom is -0.496 e. The average molecular weight is 444 g/mol. The molecule has 2 saturated heterocycles. The number of methoxy groups -OCH3 is 1. The van der Waals surface area contributed by atoms with Crippen LogP contribution in [0.25, 0.3) is 0 Å². The van der Waals surface area contributed by atoms with Gasteiger partial charge in [-0.3, -0.25) is 9.80 Å². The van der Waals surface area contributed by atoms with Crippen molar-refractivity contribution in [3.8, 4) is 5.75 Å². The summed E-state index contributed by atoms with van der Waals surface area (Å²) in [6.07, 6.45) is 5.87. The van der Waals surface area contributed by atoms with Crippen LogP contribution < -0.4 is 4.74 Å². The van der Waals surface area contributed by atoms with Gasteiger partial charge in [-0.2, -0.15) is 0 Å². The third kappa shape index (κ3) is 3.98. The minimum atomic E-state index is 0.542. The number of aromatic nitrogens is 1. The molecule has 4 nitrogen and oxygen atoms in total. The summed E-state index contributed by atoms with van der Waals surface area (Å²) < 4.78 is 6.43. The Balaban J connectivity index is 1.48. The van der Waals surface area contributed by atoms with Gasteiger partial charge in [0.1, 0.15) is 10.4 Å². The number of nitrogens with zero attached hydrogens (tertiary/aromatic N) is 3. The van der Waals surface area contributed by atoms with Crippen LogP contribution in [0, 0.1) is 13.8 Å². The lowest BCUT2D eigenvalue weighted by Crippen LogP contribution is -2.55. The maximum atomic E-state index is 5.52. The van der Waals surface area contributed by atoms with Gasteiger partial charge in [0.15, 0.2) is 0 Å². The molecule has 2 aliphatic rings. The molecule has 0 unspecified atom stereocenters. The highest BCUT2D eigenvalue weighted by Crippen LogP contribution is 2.39. The summed E-state index contributed by atoms with van der Waals surface area (Å²) >= 11 is 3.43. The molecule has 5 heteroatoms. The molecule has 4 rings (SSSR count). The summed E-state index contributed by atoms with van der Waals surface area (Å²) in [6, 6.07) is 9.86. The third-order valence-electron chi connectivity index (χ3n) is 6.58. The molecule has 0 N–H and O–H groups in total. The van der Waals surface area contributed by atoms with E-state index in [0.717, 1.165) is 36.5 Å². The molecule has 2 aliphatic heterocycles. The maximum absolute atomic E-state index is 5.52. The molecular formula is C23H30BrN3O. The predicted molar refractivity (Wildman–Crippen MR) is 117 cm³/mol. The molecule has 2 fully saturated rings. The maximum Gasteiger partial charge on any atom is 0.122 e. The Hall–Kier alpha value is -1.43. The first kappa shape index (κ1) is 19.9. The monoisotopic (exact) mass is 443 g/mol. The van der Waals surface area contributed by atoms with Crippen LogP contribution in [0.15, 0.2) is 35.1 Å². The molecular weight excluding hydrogens is 414 g/mol. The minimum absolute atomic E-state index is 0.542. The van der Waals surface area contributed by atoms with Gasteiger partial charge in [0.2, 0.25) is 0 Å². The van der Waals surface area contributed by atoms with Gasteiger partial charge in [-0.05, 0) is 83.4 Å². The van der Waals surface area contributed by atoms with Crippen LogP contribution in [0.2, 0.25) is 0 Å². The van der Waals surface area contributed by atoms with Crippen LogP contribution in [0.4, 0.5) is 0 Å². The molecule has 2 aromatic rings. The van der Waals surface area contributed by atoms with Gasteiger partial charge in [-0.15, -0.1) is 0 Å². The summed E-state index contributed by atoms with van der Waals surface area (Å²) in [5.41, 5.74) is 5.47. The Morgan fingerprint density at radius 1 is 1.11 bits per heavy atom. The largest absolute Gasteiger partial charge is 0.496 e. The highest BCUT2D eigenvalue weighted by atomic mass is 79.9. The molecule has 0 radical (unpaired) electrons. The summed E-state index contributed by atoms with van der Waals surface area (Å²) in [7, 11) is 1.76. The van der Waals surface area contributed by atoms with E-state index in [2.05, 4.69) is 62.8 Å². The highest BCUT2D eigenvalue weighted by Gasteiger charge is 2.36. The van der Waals surface area contributed by atoms with Crippen molar-refractivity contribution < 1.29 is 4.74 Å². The standard InChI is InChI=1S/C23H30BrN3O/c1-16-17(2)22(28-3)9-8-20(16)21-6-4-5-19-15-26(11-12-27(19)21)14-18-7-10-23(24)25-13-18/h7-10,13,19,21H,4-6,11-12,14-15H2,1-3H3/t19-,21+/m0/s1. The number of piperidine rings is 1. The number of benzene rings is 1. The lowest BCUT2D eigenvalue weighted by atomic mass is 9.86.